The van der Waals surface area contributed by atoms with Gasteiger partial charge in [-0.2, -0.15) is 15.3 Å². The Balaban J connectivity index is 1.17. The highest BCUT2D eigenvalue weighted by molar-refractivity contribution is 5.79. The molecule has 6 rings (SSSR count). The summed E-state index contributed by atoms with van der Waals surface area (Å²) in [6.45, 7) is 3.81. The lowest BCUT2D eigenvalue weighted by atomic mass is 9.91. The Kier molecular flexibility index (Phi) is 5.04. The van der Waals surface area contributed by atoms with Gasteiger partial charge in [-0.1, -0.05) is 6.07 Å². The molecule has 0 amide bonds. The minimum atomic E-state index is 0.164. The molecule has 8 nitrogen and oxygen atoms in total. The zero-order valence-electron chi connectivity index (χ0n) is 18.6. The zero-order valence-corrected chi connectivity index (χ0v) is 18.6. The van der Waals surface area contributed by atoms with Crippen molar-refractivity contribution in [3.05, 3.63) is 54.4 Å². The number of pyridine rings is 1. The van der Waals surface area contributed by atoms with Crippen LogP contribution < -0.4 is 0 Å². The molecule has 0 unspecified atom stereocenters. The van der Waals surface area contributed by atoms with E-state index in [2.05, 4.69) is 25.2 Å². The maximum atomic E-state index is 10.7. The van der Waals surface area contributed by atoms with E-state index < -0.39 is 0 Å². The minimum Gasteiger partial charge on any atom is -0.507 e. The van der Waals surface area contributed by atoms with E-state index in [1.165, 1.54) is 0 Å². The molecular formula is C25H26N6O2. The summed E-state index contributed by atoms with van der Waals surface area (Å²) in [6, 6.07) is 14.1. The summed E-state index contributed by atoms with van der Waals surface area (Å²) in [6.07, 6.45) is 4.13. The van der Waals surface area contributed by atoms with E-state index in [9.17, 15) is 5.11 Å². The van der Waals surface area contributed by atoms with E-state index in [0.29, 0.717) is 23.2 Å². The third-order valence-electron chi connectivity index (χ3n) is 6.77. The van der Waals surface area contributed by atoms with Gasteiger partial charge in [0, 0.05) is 56.4 Å². The number of benzene rings is 1. The van der Waals surface area contributed by atoms with Crippen molar-refractivity contribution in [2.24, 2.45) is 7.05 Å². The second kappa shape index (κ2) is 8.20. The molecule has 0 aliphatic carbocycles. The molecule has 3 aromatic heterocycles. The van der Waals surface area contributed by atoms with Crippen LogP contribution in [-0.2, 0) is 11.8 Å². The van der Waals surface area contributed by atoms with Gasteiger partial charge in [-0.3, -0.25) is 9.58 Å². The Labute approximate surface area is 191 Å². The molecular weight excluding hydrogens is 416 g/mol. The zero-order chi connectivity index (χ0) is 22.4. The third kappa shape index (κ3) is 3.85. The quantitative estimate of drug-likeness (QED) is 0.518. The lowest BCUT2D eigenvalue weighted by Crippen LogP contribution is -2.52. The van der Waals surface area contributed by atoms with Crippen LogP contribution in [-0.4, -0.2) is 67.3 Å². The monoisotopic (exact) mass is 442 g/mol. The molecule has 0 spiro atoms. The van der Waals surface area contributed by atoms with Crippen molar-refractivity contribution in [2.45, 2.75) is 24.8 Å². The minimum absolute atomic E-state index is 0.164. The normalized spacial score (nSPS) is 18.0. The molecule has 1 aromatic carbocycles. The molecule has 4 aromatic rings. The summed E-state index contributed by atoms with van der Waals surface area (Å²) in [5, 5.41) is 24.0. The number of fused-ring (bicyclic) bond motifs is 1. The highest BCUT2D eigenvalue weighted by Gasteiger charge is 2.34. The number of ether oxygens (including phenoxy) is 1. The van der Waals surface area contributed by atoms with Crippen molar-refractivity contribution in [3.8, 4) is 28.3 Å². The van der Waals surface area contributed by atoms with Crippen LogP contribution >= 0.6 is 0 Å². The molecule has 1 N–H and O–H groups in total. The number of aromatic hydroxyl groups is 1. The molecule has 0 bridgehead atoms. The first-order chi connectivity index (χ1) is 16.1. The van der Waals surface area contributed by atoms with Crippen LogP contribution in [0.4, 0.5) is 0 Å². The predicted molar refractivity (Wildman–Crippen MR) is 125 cm³/mol. The van der Waals surface area contributed by atoms with E-state index in [1.54, 1.807) is 10.7 Å². The van der Waals surface area contributed by atoms with E-state index >= 15 is 0 Å². The fourth-order valence-electron chi connectivity index (χ4n) is 4.84. The average molecular weight is 443 g/mol. The number of phenolic OH excluding ortho intramolecular Hbond substituents is 1. The molecule has 33 heavy (non-hydrogen) atoms. The van der Waals surface area contributed by atoms with Crippen molar-refractivity contribution in [2.75, 3.05) is 26.3 Å². The van der Waals surface area contributed by atoms with Gasteiger partial charge in [-0.25, -0.2) is 4.98 Å². The summed E-state index contributed by atoms with van der Waals surface area (Å²) >= 11 is 0. The van der Waals surface area contributed by atoms with Crippen LogP contribution in [0, 0.1) is 0 Å². The average Bonchev–Trinajstić information content (AvgIpc) is 3.18. The number of hydrogen-bond donors (Lipinski definition) is 1. The van der Waals surface area contributed by atoms with Gasteiger partial charge < -0.3 is 9.84 Å². The van der Waals surface area contributed by atoms with Gasteiger partial charge in [0.1, 0.15) is 16.8 Å². The maximum absolute atomic E-state index is 10.7. The Morgan fingerprint density at radius 2 is 1.76 bits per heavy atom. The van der Waals surface area contributed by atoms with Gasteiger partial charge in [0.15, 0.2) is 0 Å². The molecule has 8 heteroatoms. The second-order valence-electron chi connectivity index (χ2n) is 8.97. The molecule has 0 atom stereocenters. The van der Waals surface area contributed by atoms with Crippen LogP contribution in [0.2, 0.25) is 0 Å². The SMILES string of the molecule is Cn1cc2nc(-c3ccc(-c4ccc(C5CN(C6CCOCC6)C5)nn4)c(O)c3)ccc2n1. The number of aromatic nitrogens is 5. The van der Waals surface area contributed by atoms with Crippen molar-refractivity contribution >= 4 is 11.0 Å². The Hall–Kier alpha value is -3.36. The molecule has 0 saturated carbocycles. The third-order valence-corrected chi connectivity index (χ3v) is 6.77. The maximum Gasteiger partial charge on any atom is 0.125 e. The summed E-state index contributed by atoms with van der Waals surface area (Å²) in [5.41, 5.74) is 5.65. The Morgan fingerprint density at radius 3 is 2.52 bits per heavy atom. The lowest BCUT2D eigenvalue weighted by molar-refractivity contribution is 0.000892. The first kappa shape index (κ1) is 20.3. The molecule has 2 fully saturated rings. The predicted octanol–water partition coefficient (Wildman–Crippen LogP) is 3.38. The van der Waals surface area contributed by atoms with Gasteiger partial charge in [-0.15, -0.1) is 0 Å². The van der Waals surface area contributed by atoms with Crippen LogP contribution in [0.15, 0.2) is 48.7 Å². The van der Waals surface area contributed by atoms with Crippen molar-refractivity contribution < 1.29 is 9.84 Å². The molecule has 5 heterocycles. The van der Waals surface area contributed by atoms with Gasteiger partial charge >= 0.3 is 0 Å². The largest absolute Gasteiger partial charge is 0.507 e. The number of phenols is 1. The van der Waals surface area contributed by atoms with Crippen LogP contribution in [0.3, 0.4) is 0 Å². The number of hydrogen-bond acceptors (Lipinski definition) is 7. The van der Waals surface area contributed by atoms with Crippen molar-refractivity contribution in [1.29, 1.82) is 0 Å². The summed E-state index contributed by atoms with van der Waals surface area (Å²) in [5.74, 6) is 0.593. The number of aryl methyl sites for hydroxylation is 1. The van der Waals surface area contributed by atoms with Gasteiger partial charge in [-0.05, 0) is 49.2 Å². The molecule has 2 saturated heterocycles. The molecule has 2 aliphatic rings. The Morgan fingerprint density at radius 1 is 0.939 bits per heavy atom. The smallest absolute Gasteiger partial charge is 0.125 e. The van der Waals surface area contributed by atoms with E-state index in [0.717, 1.165) is 67.1 Å². The van der Waals surface area contributed by atoms with E-state index in [-0.39, 0.29) is 5.75 Å². The molecule has 2 aliphatic heterocycles. The van der Waals surface area contributed by atoms with E-state index in [1.807, 2.05) is 49.6 Å². The second-order valence-corrected chi connectivity index (χ2v) is 8.97. The highest BCUT2D eigenvalue weighted by atomic mass is 16.5. The van der Waals surface area contributed by atoms with Crippen LogP contribution in [0.25, 0.3) is 33.5 Å². The van der Waals surface area contributed by atoms with Gasteiger partial charge in [0.05, 0.1) is 23.3 Å². The molecule has 0 radical (unpaired) electrons. The van der Waals surface area contributed by atoms with Crippen molar-refractivity contribution in [3.63, 3.8) is 0 Å². The van der Waals surface area contributed by atoms with Crippen LogP contribution in [0.1, 0.15) is 24.5 Å². The number of likely N-dealkylation sites (tertiary alicyclic amines) is 1. The summed E-state index contributed by atoms with van der Waals surface area (Å²) in [7, 11) is 1.88. The first-order valence-electron chi connectivity index (χ1n) is 11.4. The highest BCUT2D eigenvalue weighted by Crippen LogP contribution is 2.34. The van der Waals surface area contributed by atoms with E-state index in [4.69, 9.17) is 4.74 Å². The topological polar surface area (TPSA) is 89.2 Å². The number of rotatable bonds is 4. The molecule has 168 valence electrons. The van der Waals surface area contributed by atoms with Gasteiger partial charge in [0.2, 0.25) is 0 Å². The lowest BCUT2D eigenvalue weighted by Gasteiger charge is -2.45. The Bertz CT molecular complexity index is 1290. The fourth-order valence-corrected chi connectivity index (χ4v) is 4.84. The van der Waals surface area contributed by atoms with Crippen molar-refractivity contribution in [1.82, 2.24) is 29.9 Å². The van der Waals surface area contributed by atoms with Gasteiger partial charge in [0.25, 0.3) is 0 Å². The fraction of sp³-hybridized carbons (Fsp3) is 0.360. The summed E-state index contributed by atoms with van der Waals surface area (Å²) in [4.78, 5) is 7.20. The van der Waals surface area contributed by atoms with Crippen LogP contribution in [0.5, 0.6) is 5.75 Å². The first-order valence-corrected chi connectivity index (χ1v) is 11.4. The standard InChI is InChI=1S/C25H26N6O2/c1-30-15-24-23(29-30)7-4-20(26-24)16-2-3-19(25(32)12-16)22-6-5-21(27-28-22)17-13-31(14-17)18-8-10-33-11-9-18/h2-7,12,15,17-18,32H,8-11,13-14H2,1H3. The number of nitrogens with zero attached hydrogens (tertiary/aromatic N) is 6. The summed E-state index contributed by atoms with van der Waals surface area (Å²) < 4.78 is 7.22.